The Bertz CT molecular complexity index is 162. The third-order valence-electron chi connectivity index (χ3n) is 3.29. The number of rotatable bonds is 13. The summed E-state index contributed by atoms with van der Waals surface area (Å²) in [5.74, 6) is 0. The SMILES string of the molecule is CCCCCCOC(CCCCCC)C(O)CO. The van der Waals surface area contributed by atoms with Gasteiger partial charge in [0.1, 0.15) is 6.10 Å². The number of hydrogen-bond acceptors (Lipinski definition) is 3. The molecule has 2 unspecified atom stereocenters. The lowest BCUT2D eigenvalue weighted by Crippen LogP contribution is -2.32. The lowest BCUT2D eigenvalue weighted by Gasteiger charge is -2.22. The fourth-order valence-electron chi connectivity index (χ4n) is 2.04. The summed E-state index contributed by atoms with van der Waals surface area (Å²) in [5.41, 5.74) is 0. The highest BCUT2D eigenvalue weighted by Crippen LogP contribution is 2.13. The fourth-order valence-corrected chi connectivity index (χ4v) is 2.04. The average molecular weight is 260 g/mol. The van der Waals surface area contributed by atoms with Gasteiger partial charge in [-0.1, -0.05) is 58.8 Å². The predicted octanol–water partition coefficient (Wildman–Crippen LogP) is 3.28. The third kappa shape index (κ3) is 9.86. The van der Waals surface area contributed by atoms with E-state index in [0.717, 1.165) is 19.3 Å². The van der Waals surface area contributed by atoms with Crippen molar-refractivity contribution in [1.29, 1.82) is 0 Å². The van der Waals surface area contributed by atoms with Gasteiger partial charge < -0.3 is 14.9 Å². The van der Waals surface area contributed by atoms with Crippen molar-refractivity contribution in [2.24, 2.45) is 0 Å². The second-order valence-corrected chi connectivity index (χ2v) is 5.07. The summed E-state index contributed by atoms with van der Waals surface area (Å²) in [5, 5.41) is 18.7. The molecule has 0 saturated carbocycles. The van der Waals surface area contributed by atoms with Crippen molar-refractivity contribution in [2.75, 3.05) is 13.2 Å². The molecule has 0 rings (SSSR count). The molecule has 0 aromatic carbocycles. The van der Waals surface area contributed by atoms with Crippen molar-refractivity contribution >= 4 is 0 Å². The molecule has 3 nitrogen and oxygen atoms in total. The van der Waals surface area contributed by atoms with Crippen LogP contribution < -0.4 is 0 Å². The van der Waals surface area contributed by atoms with Gasteiger partial charge in [0, 0.05) is 6.61 Å². The molecule has 2 atom stereocenters. The zero-order valence-electron chi connectivity index (χ0n) is 12.2. The first-order valence-electron chi connectivity index (χ1n) is 7.66. The third-order valence-corrected chi connectivity index (χ3v) is 3.29. The first-order chi connectivity index (χ1) is 8.76. The lowest BCUT2D eigenvalue weighted by atomic mass is 10.1. The van der Waals surface area contributed by atoms with E-state index in [4.69, 9.17) is 9.84 Å². The smallest absolute Gasteiger partial charge is 0.103 e. The van der Waals surface area contributed by atoms with Gasteiger partial charge in [-0.2, -0.15) is 0 Å². The zero-order valence-corrected chi connectivity index (χ0v) is 12.2. The monoisotopic (exact) mass is 260 g/mol. The van der Waals surface area contributed by atoms with E-state index in [2.05, 4.69) is 13.8 Å². The Morgan fingerprint density at radius 2 is 1.50 bits per heavy atom. The van der Waals surface area contributed by atoms with E-state index in [9.17, 15) is 5.11 Å². The summed E-state index contributed by atoms with van der Waals surface area (Å²) < 4.78 is 5.71. The van der Waals surface area contributed by atoms with Crippen LogP contribution in [-0.2, 0) is 4.74 Å². The molecule has 0 bridgehead atoms. The van der Waals surface area contributed by atoms with Crippen LogP contribution >= 0.6 is 0 Å². The van der Waals surface area contributed by atoms with Crippen molar-refractivity contribution in [3.05, 3.63) is 0 Å². The number of hydrogen-bond donors (Lipinski definition) is 2. The maximum absolute atomic E-state index is 9.70. The molecular weight excluding hydrogens is 228 g/mol. The van der Waals surface area contributed by atoms with Crippen molar-refractivity contribution in [2.45, 2.75) is 83.8 Å². The Morgan fingerprint density at radius 1 is 0.889 bits per heavy atom. The van der Waals surface area contributed by atoms with Gasteiger partial charge in [-0.3, -0.25) is 0 Å². The maximum atomic E-state index is 9.70. The minimum absolute atomic E-state index is 0.187. The minimum atomic E-state index is -0.724. The first kappa shape index (κ1) is 17.9. The Kier molecular flexibility index (Phi) is 13.2. The van der Waals surface area contributed by atoms with Gasteiger partial charge in [0.2, 0.25) is 0 Å². The molecule has 0 amide bonds. The van der Waals surface area contributed by atoms with Gasteiger partial charge in [-0.25, -0.2) is 0 Å². The summed E-state index contributed by atoms with van der Waals surface area (Å²) in [4.78, 5) is 0. The average Bonchev–Trinajstić information content (AvgIpc) is 2.40. The highest BCUT2D eigenvalue weighted by atomic mass is 16.5. The summed E-state index contributed by atoms with van der Waals surface area (Å²) in [6, 6.07) is 0. The van der Waals surface area contributed by atoms with Crippen molar-refractivity contribution in [3.8, 4) is 0 Å². The standard InChI is InChI=1S/C15H32O3/c1-3-5-7-9-11-15(14(17)13-16)18-12-10-8-6-4-2/h14-17H,3-13H2,1-2H3. The molecule has 0 saturated heterocycles. The highest BCUT2D eigenvalue weighted by Gasteiger charge is 2.18. The van der Waals surface area contributed by atoms with E-state index in [1.807, 2.05) is 0 Å². The van der Waals surface area contributed by atoms with E-state index in [0.29, 0.717) is 6.61 Å². The molecule has 18 heavy (non-hydrogen) atoms. The van der Waals surface area contributed by atoms with Gasteiger partial charge in [-0.15, -0.1) is 0 Å². The normalized spacial score (nSPS) is 14.7. The molecule has 0 fully saturated rings. The van der Waals surface area contributed by atoms with E-state index >= 15 is 0 Å². The second kappa shape index (κ2) is 13.3. The quantitative estimate of drug-likeness (QED) is 0.500. The van der Waals surface area contributed by atoms with E-state index in [1.165, 1.54) is 38.5 Å². The van der Waals surface area contributed by atoms with Gasteiger partial charge in [0.15, 0.2) is 0 Å². The molecule has 0 spiro atoms. The summed E-state index contributed by atoms with van der Waals surface area (Å²) in [7, 11) is 0. The van der Waals surface area contributed by atoms with Crippen LogP contribution in [0.25, 0.3) is 0 Å². The van der Waals surface area contributed by atoms with Crippen LogP contribution in [0.4, 0.5) is 0 Å². The van der Waals surface area contributed by atoms with Gasteiger partial charge in [0.05, 0.1) is 12.7 Å². The number of unbranched alkanes of at least 4 members (excludes halogenated alkanes) is 6. The van der Waals surface area contributed by atoms with E-state index in [1.54, 1.807) is 0 Å². The Morgan fingerprint density at radius 3 is 2.06 bits per heavy atom. The molecule has 0 heterocycles. The number of aliphatic hydroxyl groups excluding tert-OH is 2. The van der Waals surface area contributed by atoms with E-state index < -0.39 is 6.10 Å². The van der Waals surface area contributed by atoms with Gasteiger partial charge >= 0.3 is 0 Å². The molecule has 0 aromatic heterocycles. The van der Waals surface area contributed by atoms with Crippen LogP contribution in [0, 0.1) is 0 Å². The van der Waals surface area contributed by atoms with Crippen LogP contribution in [0.3, 0.4) is 0 Å². The van der Waals surface area contributed by atoms with Gasteiger partial charge in [0.25, 0.3) is 0 Å². The molecule has 0 aliphatic carbocycles. The van der Waals surface area contributed by atoms with Crippen LogP contribution in [0.15, 0.2) is 0 Å². The first-order valence-corrected chi connectivity index (χ1v) is 7.66. The molecule has 2 N–H and O–H groups in total. The molecule has 0 aliphatic rings. The molecular formula is C15H32O3. The van der Waals surface area contributed by atoms with Crippen LogP contribution in [-0.4, -0.2) is 35.6 Å². The predicted molar refractivity (Wildman–Crippen MR) is 75.7 cm³/mol. The largest absolute Gasteiger partial charge is 0.394 e. The van der Waals surface area contributed by atoms with Crippen LogP contribution in [0.5, 0.6) is 0 Å². The minimum Gasteiger partial charge on any atom is -0.394 e. The fraction of sp³-hybridized carbons (Fsp3) is 1.00. The molecule has 0 aromatic rings. The number of ether oxygens (including phenoxy) is 1. The van der Waals surface area contributed by atoms with E-state index in [-0.39, 0.29) is 12.7 Å². The molecule has 110 valence electrons. The lowest BCUT2D eigenvalue weighted by molar-refractivity contribution is -0.0629. The number of aliphatic hydroxyl groups is 2. The Labute approximate surface area is 113 Å². The van der Waals surface area contributed by atoms with Crippen molar-refractivity contribution in [3.63, 3.8) is 0 Å². The molecule has 3 heteroatoms. The Balaban J connectivity index is 3.70. The van der Waals surface area contributed by atoms with Crippen molar-refractivity contribution < 1.29 is 14.9 Å². The topological polar surface area (TPSA) is 49.7 Å². The molecule has 0 aliphatic heterocycles. The highest BCUT2D eigenvalue weighted by molar-refractivity contribution is 4.68. The van der Waals surface area contributed by atoms with Crippen LogP contribution in [0.1, 0.15) is 71.6 Å². The Hall–Kier alpha value is -0.120. The summed E-state index contributed by atoms with van der Waals surface area (Å²) >= 11 is 0. The van der Waals surface area contributed by atoms with Gasteiger partial charge in [-0.05, 0) is 12.8 Å². The second-order valence-electron chi connectivity index (χ2n) is 5.07. The van der Waals surface area contributed by atoms with Crippen LogP contribution in [0.2, 0.25) is 0 Å². The maximum Gasteiger partial charge on any atom is 0.103 e. The molecule has 0 radical (unpaired) electrons. The summed E-state index contributed by atoms with van der Waals surface area (Å²) in [6.07, 6.45) is 9.36. The summed E-state index contributed by atoms with van der Waals surface area (Å²) in [6.45, 7) is 4.88. The van der Waals surface area contributed by atoms with Crippen molar-refractivity contribution in [1.82, 2.24) is 0 Å². The zero-order chi connectivity index (χ0) is 13.6.